The van der Waals surface area contributed by atoms with Gasteiger partial charge in [0.15, 0.2) is 11.5 Å². The van der Waals surface area contributed by atoms with Crippen LogP contribution >= 0.6 is 15.6 Å². The third kappa shape index (κ3) is 8.63. The molecule has 0 unspecified atom stereocenters. The summed E-state index contributed by atoms with van der Waals surface area (Å²) in [6.45, 7) is 15.2. The average molecular weight is 687 g/mol. The zero-order chi connectivity index (χ0) is 34.6. The maximum Gasteiger partial charge on any atom is 0.647 e. The summed E-state index contributed by atoms with van der Waals surface area (Å²) in [5.74, 6) is 1.12. The highest BCUT2D eigenvalue weighted by molar-refractivity contribution is 7.50. The molecule has 0 amide bonds. The normalized spacial score (nSPS) is 11.5. The van der Waals surface area contributed by atoms with Crippen molar-refractivity contribution in [2.24, 2.45) is 0 Å². The summed E-state index contributed by atoms with van der Waals surface area (Å²) in [5, 5.41) is 0. The molecule has 0 bridgehead atoms. The second kappa shape index (κ2) is 14.2. The summed E-state index contributed by atoms with van der Waals surface area (Å²) in [6, 6.07) is 28.1. The average Bonchev–Trinajstić information content (AvgIpc) is 3.00. The molecule has 0 radical (unpaired) electrons. The van der Waals surface area contributed by atoms with E-state index in [0.29, 0.717) is 23.0 Å². The smallest absolute Gasteiger partial charge is 0.386 e. The van der Waals surface area contributed by atoms with Crippen LogP contribution in [0.4, 0.5) is 0 Å². The fourth-order valence-corrected chi connectivity index (χ4v) is 7.83. The van der Waals surface area contributed by atoms with Crippen LogP contribution < -0.4 is 27.1 Å². The van der Waals surface area contributed by atoms with Gasteiger partial charge in [0.05, 0.1) is 0 Å². The highest BCUT2D eigenvalue weighted by Gasteiger charge is 2.39. The van der Waals surface area contributed by atoms with Gasteiger partial charge in [-0.2, -0.15) is 9.13 Å². The Morgan fingerprint density at radius 3 is 0.792 bits per heavy atom. The Bertz CT molecular complexity index is 1790. The quantitative estimate of drug-likeness (QED) is 0.120. The largest absolute Gasteiger partial charge is 0.647 e. The van der Waals surface area contributed by atoms with Gasteiger partial charge >= 0.3 is 15.6 Å². The minimum absolute atomic E-state index is 0.0657. The minimum atomic E-state index is -4.47. The van der Waals surface area contributed by atoms with Crippen LogP contribution in [0.25, 0.3) is 0 Å². The second-order valence-corrected chi connectivity index (χ2v) is 14.8. The number of phosphoric ester groups is 2. The molecule has 5 aromatic carbocycles. The number of hydrogen-bond acceptors (Lipinski definition) is 8. The predicted molar refractivity (Wildman–Crippen MR) is 189 cm³/mol. The van der Waals surface area contributed by atoms with Crippen LogP contribution in [0.2, 0.25) is 0 Å². The lowest BCUT2D eigenvalue weighted by Crippen LogP contribution is -2.12. The fraction of sp³-hybridized carbons (Fsp3) is 0.211. The molecule has 0 aromatic heterocycles. The SMILES string of the molecule is Cc1ccc(OP(=O)(Oc2ccc(C)cc2C)Oc2ccccc2OP(=O)(Oc2ccc(C)cc2C)Oc2ccc(C)cc2C)c(C)c1. The van der Waals surface area contributed by atoms with Gasteiger partial charge in [0, 0.05) is 0 Å². The summed E-state index contributed by atoms with van der Waals surface area (Å²) in [4.78, 5) is 0. The molecule has 0 saturated heterocycles. The van der Waals surface area contributed by atoms with Crippen LogP contribution in [0.5, 0.6) is 34.5 Å². The van der Waals surface area contributed by atoms with Crippen LogP contribution in [-0.2, 0) is 9.13 Å². The molecule has 0 spiro atoms. The first-order valence-electron chi connectivity index (χ1n) is 15.5. The van der Waals surface area contributed by atoms with Crippen molar-refractivity contribution in [2.75, 3.05) is 0 Å². The molecule has 48 heavy (non-hydrogen) atoms. The molecule has 0 aliphatic rings. The molecule has 5 rings (SSSR count). The van der Waals surface area contributed by atoms with Crippen molar-refractivity contribution in [2.45, 2.75) is 55.4 Å². The highest BCUT2D eigenvalue weighted by atomic mass is 31.2. The number of aryl methyl sites for hydroxylation is 8. The van der Waals surface area contributed by atoms with Gasteiger partial charge in [-0.15, -0.1) is 0 Å². The second-order valence-electron chi connectivity index (χ2n) is 12.0. The van der Waals surface area contributed by atoms with E-state index < -0.39 is 15.6 Å². The lowest BCUT2D eigenvalue weighted by Gasteiger charge is -2.24. The Morgan fingerprint density at radius 2 is 0.562 bits per heavy atom. The van der Waals surface area contributed by atoms with Crippen LogP contribution in [0.15, 0.2) is 97.1 Å². The van der Waals surface area contributed by atoms with E-state index in [2.05, 4.69) is 0 Å². The van der Waals surface area contributed by atoms with E-state index >= 15 is 0 Å². The van der Waals surface area contributed by atoms with Gasteiger partial charge in [-0.3, -0.25) is 0 Å². The van der Waals surface area contributed by atoms with Gasteiger partial charge in [0.25, 0.3) is 0 Å². The van der Waals surface area contributed by atoms with E-state index in [-0.39, 0.29) is 11.5 Å². The summed E-state index contributed by atoms with van der Waals surface area (Å²) in [6.07, 6.45) is 0. The molecule has 0 atom stereocenters. The van der Waals surface area contributed by atoms with Crippen molar-refractivity contribution in [3.8, 4) is 34.5 Å². The Balaban J connectivity index is 1.54. The van der Waals surface area contributed by atoms with E-state index in [4.69, 9.17) is 27.1 Å². The van der Waals surface area contributed by atoms with E-state index in [1.807, 2.05) is 104 Å². The van der Waals surface area contributed by atoms with Gasteiger partial charge in [-0.05, 0) is 114 Å². The Hall–Kier alpha value is -4.64. The molecule has 0 saturated carbocycles. The van der Waals surface area contributed by atoms with E-state index in [1.165, 1.54) is 12.1 Å². The van der Waals surface area contributed by atoms with Crippen LogP contribution in [0.1, 0.15) is 44.5 Å². The standard InChI is InChI=1S/C38H40O8P2/c1-25-13-17-33(29(5)21-25)41-47(39,42-34-18-14-26(2)22-30(34)6)45-37-11-9-10-12-38(37)46-48(40,43-35-19-15-27(3)23-31(35)7)44-36-20-16-28(4)24-32(36)8/h9-24H,1-8H3. The summed E-state index contributed by atoms with van der Waals surface area (Å²) in [5.41, 5.74) is 6.98. The van der Waals surface area contributed by atoms with Crippen molar-refractivity contribution >= 4 is 15.6 Å². The molecule has 0 fully saturated rings. The van der Waals surface area contributed by atoms with E-state index in [9.17, 15) is 9.13 Å². The van der Waals surface area contributed by atoms with E-state index in [1.54, 1.807) is 36.4 Å². The van der Waals surface area contributed by atoms with Crippen molar-refractivity contribution in [3.63, 3.8) is 0 Å². The Labute approximate surface area is 282 Å². The third-order valence-electron chi connectivity index (χ3n) is 7.43. The monoisotopic (exact) mass is 686 g/mol. The first-order valence-corrected chi connectivity index (χ1v) is 18.4. The molecular formula is C38H40O8P2. The lowest BCUT2D eigenvalue weighted by atomic mass is 10.1. The minimum Gasteiger partial charge on any atom is -0.386 e. The molecular weight excluding hydrogens is 646 g/mol. The topological polar surface area (TPSA) is 89.5 Å². The lowest BCUT2D eigenvalue weighted by molar-refractivity contribution is 0.278. The first-order chi connectivity index (χ1) is 22.7. The van der Waals surface area contributed by atoms with Gasteiger partial charge < -0.3 is 27.1 Å². The molecule has 10 heteroatoms. The number of benzene rings is 5. The zero-order valence-electron chi connectivity index (χ0n) is 28.4. The molecule has 5 aromatic rings. The van der Waals surface area contributed by atoms with Crippen LogP contribution in [0, 0.1) is 55.4 Å². The molecule has 8 nitrogen and oxygen atoms in total. The number of hydrogen-bond donors (Lipinski definition) is 0. The molecule has 0 N–H and O–H groups in total. The molecule has 250 valence electrons. The van der Waals surface area contributed by atoms with E-state index in [0.717, 1.165) is 44.5 Å². The van der Waals surface area contributed by atoms with Crippen molar-refractivity contribution < 1.29 is 36.3 Å². The maximum atomic E-state index is 14.6. The first kappa shape index (κ1) is 34.7. The number of phosphoric acid groups is 2. The number of para-hydroxylation sites is 2. The Kier molecular flexibility index (Phi) is 10.3. The maximum absolute atomic E-state index is 14.6. The molecule has 0 aliphatic heterocycles. The van der Waals surface area contributed by atoms with Crippen LogP contribution in [0.3, 0.4) is 0 Å². The van der Waals surface area contributed by atoms with Gasteiger partial charge in [-0.25, -0.2) is 0 Å². The highest BCUT2D eigenvalue weighted by Crippen LogP contribution is 2.56. The van der Waals surface area contributed by atoms with Gasteiger partial charge in [-0.1, -0.05) is 82.9 Å². The fourth-order valence-electron chi connectivity index (χ4n) is 5.04. The zero-order valence-corrected chi connectivity index (χ0v) is 30.2. The van der Waals surface area contributed by atoms with Crippen LogP contribution in [-0.4, -0.2) is 0 Å². The van der Waals surface area contributed by atoms with Gasteiger partial charge in [0.2, 0.25) is 0 Å². The summed E-state index contributed by atoms with van der Waals surface area (Å²) in [7, 11) is -8.95. The van der Waals surface area contributed by atoms with Gasteiger partial charge in [0.1, 0.15) is 23.0 Å². The molecule has 0 heterocycles. The van der Waals surface area contributed by atoms with Crippen molar-refractivity contribution in [1.82, 2.24) is 0 Å². The predicted octanol–water partition coefficient (Wildman–Crippen LogP) is 11.4. The Morgan fingerprint density at radius 1 is 0.333 bits per heavy atom. The van der Waals surface area contributed by atoms with Crippen molar-refractivity contribution in [3.05, 3.63) is 142 Å². The third-order valence-corrected chi connectivity index (χ3v) is 9.95. The molecule has 0 aliphatic carbocycles. The summed E-state index contributed by atoms with van der Waals surface area (Å²) < 4.78 is 65.5. The summed E-state index contributed by atoms with van der Waals surface area (Å²) >= 11 is 0. The number of rotatable bonds is 12. The van der Waals surface area contributed by atoms with Crippen molar-refractivity contribution in [1.29, 1.82) is 0 Å².